The van der Waals surface area contributed by atoms with Gasteiger partial charge < -0.3 is 9.47 Å². The second-order valence-electron chi connectivity index (χ2n) is 4.76. The van der Waals surface area contributed by atoms with Crippen LogP contribution in [0.1, 0.15) is 20.3 Å². The quantitative estimate of drug-likeness (QED) is 0.805. The van der Waals surface area contributed by atoms with E-state index in [-0.39, 0.29) is 11.9 Å². The summed E-state index contributed by atoms with van der Waals surface area (Å²) in [5, 5.41) is 0. The molecule has 1 atom stereocenters. The molecular formula is C14H21NO4S. The van der Waals surface area contributed by atoms with Gasteiger partial charge in [0.15, 0.2) is 11.5 Å². The summed E-state index contributed by atoms with van der Waals surface area (Å²) in [6.45, 7) is 4.85. The predicted molar refractivity (Wildman–Crippen MR) is 77.7 cm³/mol. The third kappa shape index (κ3) is 3.43. The zero-order chi connectivity index (χ0) is 14.6. The lowest BCUT2D eigenvalue weighted by Gasteiger charge is -2.30. The van der Waals surface area contributed by atoms with Gasteiger partial charge in [0, 0.05) is 6.54 Å². The number of hydrogen-bond acceptors (Lipinski definition) is 4. The lowest BCUT2D eigenvalue weighted by atomic mass is 10.2. The van der Waals surface area contributed by atoms with Crippen LogP contribution in [0.3, 0.4) is 0 Å². The molecule has 0 saturated carbocycles. The zero-order valence-corrected chi connectivity index (χ0v) is 12.7. The van der Waals surface area contributed by atoms with Crippen molar-refractivity contribution in [3.8, 4) is 11.5 Å². The summed E-state index contributed by atoms with van der Waals surface area (Å²) < 4.78 is 37.1. The third-order valence-corrected chi connectivity index (χ3v) is 5.30. The molecule has 1 heterocycles. The molecule has 0 spiro atoms. The molecule has 1 aliphatic rings. The van der Waals surface area contributed by atoms with Crippen molar-refractivity contribution in [3.63, 3.8) is 0 Å². The van der Waals surface area contributed by atoms with Crippen LogP contribution in [-0.2, 0) is 10.0 Å². The molecule has 1 unspecified atom stereocenters. The van der Waals surface area contributed by atoms with Gasteiger partial charge in [0.05, 0.1) is 12.3 Å². The van der Waals surface area contributed by atoms with Crippen LogP contribution in [0.15, 0.2) is 24.3 Å². The molecule has 0 amide bonds. The van der Waals surface area contributed by atoms with Crippen molar-refractivity contribution in [2.24, 2.45) is 0 Å². The minimum Gasteiger partial charge on any atom is -0.486 e. The van der Waals surface area contributed by atoms with Crippen LogP contribution in [0.2, 0.25) is 0 Å². The van der Waals surface area contributed by atoms with Gasteiger partial charge in [0.1, 0.15) is 12.7 Å². The van der Waals surface area contributed by atoms with Crippen LogP contribution in [-0.4, -0.2) is 44.3 Å². The number of hydrogen-bond donors (Lipinski definition) is 0. The number of nitrogens with zero attached hydrogens (tertiary/aromatic N) is 1. The van der Waals surface area contributed by atoms with E-state index < -0.39 is 10.0 Å². The van der Waals surface area contributed by atoms with Crippen LogP contribution in [0.5, 0.6) is 11.5 Å². The van der Waals surface area contributed by atoms with E-state index in [1.165, 1.54) is 4.31 Å². The van der Waals surface area contributed by atoms with E-state index in [1.54, 1.807) is 0 Å². The first kappa shape index (κ1) is 15.1. The molecule has 1 aliphatic heterocycles. The molecule has 6 heteroatoms. The first-order valence-corrected chi connectivity index (χ1v) is 8.54. The number of benzene rings is 1. The van der Waals surface area contributed by atoms with Crippen molar-refractivity contribution < 1.29 is 17.9 Å². The topological polar surface area (TPSA) is 55.8 Å². The zero-order valence-electron chi connectivity index (χ0n) is 11.9. The normalized spacial score (nSPS) is 18.2. The summed E-state index contributed by atoms with van der Waals surface area (Å²) in [5.74, 6) is 1.56. The average molecular weight is 299 g/mol. The number of sulfonamides is 1. The summed E-state index contributed by atoms with van der Waals surface area (Å²) in [6, 6.07) is 7.43. The average Bonchev–Trinajstić information content (AvgIpc) is 2.44. The van der Waals surface area contributed by atoms with Crippen molar-refractivity contribution in [2.45, 2.75) is 26.4 Å². The van der Waals surface area contributed by atoms with Gasteiger partial charge in [-0.25, -0.2) is 8.42 Å². The van der Waals surface area contributed by atoms with Gasteiger partial charge in [-0.05, 0) is 18.6 Å². The monoisotopic (exact) mass is 299 g/mol. The molecule has 0 aromatic heterocycles. The Labute approximate surface area is 120 Å². The number of likely N-dealkylation sites (N-methyl/N-ethyl adjacent to an activating group) is 1. The highest BCUT2D eigenvalue weighted by atomic mass is 32.2. The van der Waals surface area contributed by atoms with E-state index in [4.69, 9.17) is 9.47 Å². The molecule has 20 heavy (non-hydrogen) atoms. The minimum atomic E-state index is -3.20. The molecule has 2 rings (SSSR count). The van der Waals surface area contributed by atoms with E-state index in [9.17, 15) is 8.42 Å². The van der Waals surface area contributed by atoms with Crippen molar-refractivity contribution in [1.82, 2.24) is 4.31 Å². The first-order chi connectivity index (χ1) is 9.56. The van der Waals surface area contributed by atoms with Crippen LogP contribution >= 0.6 is 0 Å². The van der Waals surface area contributed by atoms with Crippen molar-refractivity contribution >= 4 is 10.0 Å². The maximum atomic E-state index is 12.1. The highest BCUT2D eigenvalue weighted by Gasteiger charge is 2.27. The Morgan fingerprint density at radius 2 is 1.95 bits per heavy atom. The Morgan fingerprint density at radius 3 is 2.60 bits per heavy atom. The number of para-hydroxylation sites is 2. The molecule has 0 aliphatic carbocycles. The Bertz CT molecular complexity index is 544. The summed E-state index contributed by atoms with van der Waals surface area (Å²) in [5.41, 5.74) is 0. The van der Waals surface area contributed by atoms with E-state index in [0.29, 0.717) is 37.6 Å². The SMILES string of the molecule is CCCS(=O)(=O)N(CC)CC1COc2ccccc2O1. The number of rotatable bonds is 6. The summed E-state index contributed by atoms with van der Waals surface area (Å²) in [6.07, 6.45) is 0.348. The molecule has 5 nitrogen and oxygen atoms in total. The molecule has 1 aromatic carbocycles. The van der Waals surface area contributed by atoms with Crippen molar-refractivity contribution in [1.29, 1.82) is 0 Å². The van der Waals surface area contributed by atoms with Gasteiger partial charge >= 0.3 is 0 Å². The van der Waals surface area contributed by atoms with Crippen LogP contribution < -0.4 is 9.47 Å². The number of fused-ring (bicyclic) bond motifs is 1. The van der Waals surface area contributed by atoms with Gasteiger partial charge in [0.25, 0.3) is 0 Å². The standard InChI is InChI=1S/C14H21NO4S/c1-3-9-20(16,17)15(4-2)10-12-11-18-13-7-5-6-8-14(13)19-12/h5-8,12H,3-4,9-11H2,1-2H3. The highest BCUT2D eigenvalue weighted by molar-refractivity contribution is 7.89. The molecule has 112 valence electrons. The fourth-order valence-electron chi connectivity index (χ4n) is 2.21. The lowest BCUT2D eigenvalue weighted by Crippen LogP contribution is -2.44. The Morgan fingerprint density at radius 1 is 1.25 bits per heavy atom. The Hall–Kier alpha value is -1.27. The summed E-state index contributed by atoms with van der Waals surface area (Å²) >= 11 is 0. The molecule has 0 bridgehead atoms. The number of ether oxygens (including phenoxy) is 2. The smallest absolute Gasteiger partial charge is 0.214 e. The second-order valence-corrected chi connectivity index (χ2v) is 6.85. The second kappa shape index (κ2) is 6.45. The third-order valence-electron chi connectivity index (χ3n) is 3.18. The summed E-state index contributed by atoms with van der Waals surface area (Å²) in [4.78, 5) is 0. The van der Waals surface area contributed by atoms with Crippen molar-refractivity contribution in [3.05, 3.63) is 24.3 Å². The predicted octanol–water partition coefficient (Wildman–Crippen LogP) is 1.89. The summed E-state index contributed by atoms with van der Waals surface area (Å²) in [7, 11) is -3.20. The molecular weight excluding hydrogens is 278 g/mol. The van der Waals surface area contributed by atoms with E-state index in [1.807, 2.05) is 38.1 Å². The van der Waals surface area contributed by atoms with E-state index >= 15 is 0 Å². The maximum Gasteiger partial charge on any atom is 0.214 e. The Kier molecular flexibility index (Phi) is 4.88. The largest absolute Gasteiger partial charge is 0.486 e. The lowest BCUT2D eigenvalue weighted by molar-refractivity contribution is 0.0771. The minimum absolute atomic E-state index is 0.172. The molecule has 0 N–H and O–H groups in total. The van der Waals surface area contributed by atoms with Crippen LogP contribution in [0.25, 0.3) is 0 Å². The fraction of sp³-hybridized carbons (Fsp3) is 0.571. The van der Waals surface area contributed by atoms with Gasteiger partial charge in [-0.2, -0.15) is 4.31 Å². The van der Waals surface area contributed by atoms with Gasteiger partial charge in [-0.15, -0.1) is 0 Å². The fourth-order valence-corrected chi connectivity index (χ4v) is 3.77. The van der Waals surface area contributed by atoms with Crippen molar-refractivity contribution in [2.75, 3.05) is 25.4 Å². The van der Waals surface area contributed by atoms with Gasteiger partial charge in [-0.3, -0.25) is 0 Å². The maximum absolute atomic E-state index is 12.1. The van der Waals surface area contributed by atoms with Crippen LogP contribution in [0, 0.1) is 0 Å². The van der Waals surface area contributed by atoms with Gasteiger partial charge in [-0.1, -0.05) is 26.0 Å². The molecule has 0 radical (unpaired) electrons. The molecule has 0 saturated heterocycles. The van der Waals surface area contributed by atoms with Gasteiger partial charge in [0.2, 0.25) is 10.0 Å². The Balaban J connectivity index is 2.04. The molecule has 0 fully saturated rings. The van der Waals surface area contributed by atoms with E-state index in [0.717, 1.165) is 0 Å². The molecule has 1 aromatic rings. The first-order valence-electron chi connectivity index (χ1n) is 6.93. The van der Waals surface area contributed by atoms with Crippen LogP contribution in [0.4, 0.5) is 0 Å². The van der Waals surface area contributed by atoms with E-state index in [2.05, 4.69) is 0 Å². The highest BCUT2D eigenvalue weighted by Crippen LogP contribution is 2.31.